The first kappa shape index (κ1) is 11.0. The fourth-order valence-corrected chi connectivity index (χ4v) is 1.35. The number of methoxy groups -OCH3 is 1. The van der Waals surface area contributed by atoms with Crippen LogP contribution in [0.4, 0.5) is 5.13 Å². The highest BCUT2D eigenvalue weighted by Crippen LogP contribution is 2.10. The Balaban J connectivity index is 2.48. The molecule has 14 heavy (non-hydrogen) atoms. The summed E-state index contributed by atoms with van der Waals surface area (Å²) in [6, 6.07) is 0. The first-order valence-electron chi connectivity index (χ1n) is 3.91. The number of nitrogens with zero attached hydrogens (tertiary/aromatic N) is 2. The molecule has 6 nitrogen and oxygen atoms in total. The number of aryl methyl sites for hydroxylation is 1. The summed E-state index contributed by atoms with van der Waals surface area (Å²) in [5, 5.41) is 12.0. The minimum absolute atomic E-state index is 0.0381. The van der Waals surface area contributed by atoms with Crippen LogP contribution in [0.2, 0.25) is 0 Å². The summed E-state index contributed by atoms with van der Waals surface area (Å²) in [6.45, 7) is 1.68. The highest BCUT2D eigenvalue weighted by molar-refractivity contribution is 7.09. The average Bonchev–Trinajstić information content (AvgIpc) is 2.51. The van der Waals surface area contributed by atoms with Crippen LogP contribution < -0.4 is 5.32 Å². The Morgan fingerprint density at radius 2 is 2.50 bits per heavy atom. The van der Waals surface area contributed by atoms with E-state index in [9.17, 15) is 9.90 Å². The number of rotatable bonds is 4. The molecule has 1 heterocycles. The second kappa shape index (κ2) is 4.99. The summed E-state index contributed by atoms with van der Waals surface area (Å²) < 4.78 is 8.50. The minimum Gasteiger partial charge on any atom is -0.381 e. The standard InChI is InChI=1S/C7H11N3O3S/c1-4-8-7(14-10-4)9-6(12)5(11)3-13-2/h5,11H,3H2,1-2H3,(H,8,9,10,12)/t5-/m0/s1. The second-order valence-corrected chi connectivity index (χ2v) is 3.36. The number of anilines is 1. The van der Waals surface area contributed by atoms with Gasteiger partial charge in [-0.2, -0.15) is 4.37 Å². The molecule has 0 aliphatic heterocycles. The van der Waals surface area contributed by atoms with Crippen molar-refractivity contribution in [1.29, 1.82) is 0 Å². The molecule has 2 N–H and O–H groups in total. The third-order valence-corrected chi connectivity index (χ3v) is 2.11. The average molecular weight is 217 g/mol. The molecule has 0 saturated carbocycles. The van der Waals surface area contributed by atoms with Crippen molar-refractivity contribution in [1.82, 2.24) is 9.36 Å². The van der Waals surface area contributed by atoms with Gasteiger partial charge < -0.3 is 9.84 Å². The van der Waals surface area contributed by atoms with Gasteiger partial charge in [-0.05, 0) is 6.92 Å². The van der Waals surface area contributed by atoms with Crippen molar-refractivity contribution in [3.63, 3.8) is 0 Å². The van der Waals surface area contributed by atoms with Crippen molar-refractivity contribution in [2.75, 3.05) is 19.0 Å². The molecule has 1 atom stereocenters. The highest BCUT2D eigenvalue weighted by atomic mass is 32.1. The van der Waals surface area contributed by atoms with Gasteiger partial charge in [0, 0.05) is 18.6 Å². The maximum atomic E-state index is 11.2. The van der Waals surface area contributed by atoms with E-state index in [1.165, 1.54) is 7.11 Å². The zero-order chi connectivity index (χ0) is 10.6. The van der Waals surface area contributed by atoms with Gasteiger partial charge in [-0.1, -0.05) is 0 Å². The van der Waals surface area contributed by atoms with Crippen molar-refractivity contribution in [3.05, 3.63) is 5.82 Å². The summed E-state index contributed by atoms with van der Waals surface area (Å²) in [6.07, 6.45) is -1.18. The van der Waals surface area contributed by atoms with Gasteiger partial charge in [0.25, 0.3) is 5.91 Å². The molecule has 0 saturated heterocycles. The van der Waals surface area contributed by atoms with Crippen LogP contribution in [-0.4, -0.2) is 40.2 Å². The summed E-state index contributed by atoms with van der Waals surface area (Å²) >= 11 is 1.07. The molecule has 1 amide bonds. The molecule has 1 aromatic rings. The Kier molecular flexibility index (Phi) is 3.93. The number of amides is 1. The van der Waals surface area contributed by atoms with Gasteiger partial charge in [0.2, 0.25) is 5.13 Å². The molecular formula is C7H11N3O3S. The van der Waals surface area contributed by atoms with Crippen LogP contribution in [0.5, 0.6) is 0 Å². The molecule has 0 unspecified atom stereocenters. The van der Waals surface area contributed by atoms with Crippen molar-refractivity contribution in [2.45, 2.75) is 13.0 Å². The molecular weight excluding hydrogens is 206 g/mol. The minimum atomic E-state index is -1.18. The zero-order valence-corrected chi connectivity index (χ0v) is 8.67. The Hall–Kier alpha value is -1.05. The van der Waals surface area contributed by atoms with Crippen molar-refractivity contribution in [2.24, 2.45) is 0 Å². The lowest BCUT2D eigenvalue weighted by Gasteiger charge is -2.07. The fourth-order valence-electron chi connectivity index (χ4n) is 0.770. The van der Waals surface area contributed by atoms with Crippen molar-refractivity contribution >= 4 is 22.6 Å². The Bertz CT molecular complexity index is 315. The van der Waals surface area contributed by atoms with Crippen LogP contribution in [0.15, 0.2) is 0 Å². The van der Waals surface area contributed by atoms with Crippen LogP contribution in [0.25, 0.3) is 0 Å². The van der Waals surface area contributed by atoms with Gasteiger partial charge in [-0.25, -0.2) is 4.98 Å². The van der Waals surface area contributed by atoms with Crippen LogP contribution in [0.1, 0.15) is 5.82 Å². The Labute approximate surface area is 85.1 Å². The smallest absolute Gasteiger partial charge is 0.257 e. The largest absolute Gasteiger partial charge is 0.381 e. The molecule has 0 spiro atoms. The maximum Gasteiger partial charge on any atom is 0.257 e. The Morgan fingerprint density at radius 3 is 3.00 bits per heavy atom. The van der Waals surface area contributed by atoms with Gasteiger partial charge in [0.1, 0.15) is 5.82 Å². The second-order valence-electron chi connectivity index (χ2n) is 2.61. The van der Waals surface area contributed by atoms with Gasteiger partial charge >= 0.3 is 0 Å². The van der Waals surface area contributed by atoms with E-state index in [4.69, 9.17) is 0 Å². The SMILES string of the molecule is COC[C@H](O)C(=O)Nc1nc(C)ns1. The van der Waals surface area contributed by atoms with E-state index in [1.807, 2.05) is 0 Å². The molecule has 1 rings (SSSR count). The van der Waals surface area contributed by atoms with E-state index in [2.05, 4.69) is 19.4 Å². The van der Waals surface area contributed by atoms with E-state index >= 15 is 0 Å². The van der Waals surface area contributed by atoms with E-state index in [1.54, 1.807) is 6.92 Å². The number of carbonyl (C=O) groups excluding carboxylic acids is 1. The quantitative estimate of drug-likeness (QED) is 0.729. The van der Waals surface area contributed by atoms with Crippen molar-refractivity contribution in [3.8, 4) is 0 Å². The van der Waals surface area contributed by atoms with Gasteiger partial charge in [0.05, 0.1) is 6.61 Å². The summed E-state index contributed by atoms with van der Waals surface area (Å²) in [5.41, 5.74) is 0. The fraction of sp³-hybridized carbons (Fsp3) is 0.571. The lowest BCUT2D eigenvalue weighted by molar-refractivity contribution is -0.126. The first-order valence-corrected chi connectivity index (χ1v) is 4.69. The van der Waals surface area contributed by atoms with Gasteiger partial charge in [-0.15, -0.1) is 0 Å². The number of hydrogen-bond donors (Lipinski definition) is 2. The Morgan fingerprint density at radius 1 is 1.79 bits per heavy atom. The summed E-state index contributed by atoms with van der Waals surface area (Å²) in [7, 11) is 1.41. The third-order valence-electron chi connectivity index (χ3n) is 1.38. The highest BCUT2D eigenvalue weighted by Gasteiger charge is 2.15. The number of aliphatic hydroxyl groups excluding tert-OH is 1. The molecule has 0 bridgehead atoms. The molecule has 78 valence electrons. The van der Waals surface area contributed by atoms with Crippen molar-refractivity contribution < 1.29 is 14.6 Å². The van der Waals surface area contributed by atoms with E-state index in [-0.39, 0.29) is 6.61 Å². The number of aromatic nitrogens is 2. The molecule has 7 heteroatoms. The summed E-state index contributed by atoms with van der Waals surface area (Å²) in [4.78, 5) is 15.1. The number of carbonyl (C=O) groups is 1. The number of ether oxygens (including phenoxy) is 1. The van der Waals surface area contributed by atoms with Crippen LogP contribution in [-0.2, 0) is 9.53 Å². The lowest BCUT2D eigenvalue weighted by atomic mass is 10.3. The molecule has 0 fully saturated rings. The maximum absolute atomic E-state index is 11.2. The predicted molar refractivity (Wildman–Crippen MR) is 51.2 cm³/mol. The molecule has 1 aromatic heterocycles. The topological polar surface area (TPSA) is 84.3 Å². The van der Waals surface area contributed by atoms with Crippen LogP contribution >= 0.6 is 11.5 Å². The number of aliphatic hydroxyl groups is 1. The van der Waals surface area contributed by atoms with E-state index in [0.717, 1.165) is 11.5 Å². The summed E-state index contributed by atoms with van der Waals surface area (Å²) in [5.74, 6) is 0.0505. The van der Waals surface area contributed by atoms with Crippen LogP contribution in [0, 0.1) is 6.92 Å². The monoisotopic (exact) mass is 217 g/mol. The van der Waals surface area contributed by atoms with E-state index in [0.29, 0.717) is 11.0 Å². The molecule has 0 aliphatic rings. The zero-order valence-electron chi connectivity index (χ0n) is 7.85. The van der Waals surface area contributed by atoms with E-state index < -0.39 is 12.0 Å². The molecule has 0 radical (unpaired) electrons. The van der Waals surface area contributed by atoms with Gasteiger partial charge in [-0.3, -0.25) is 10.1 Å². The third kappa shape index (κ3) is 3.02. The molecule has 0 aromatic carbocycles. The number of hydrogen-bond acceptors (Lipinski definition) is 6. The first-order chi connectivity index (χ1) is 6.63. The number of nitrogens with one attached hydrogen (secondary N) is 1. The normalized spacial score (nSPS) is 12.5. The van der Waals surface area contributed by atoms with Gasteiger partial charge in [0.15, 0.2) is 6.10 Å². The predicted octanol–water partition coefficient (Wildman–Crippen LogP) is -0.208. The van der Waals surface area contributed by atoms with Crippen LogP contribution in [0.3, 0.4) is 0 Å². The molecule has 0 aliphatic carbocycles. The lowest BCUT2D eigenvalue weighted by Crippen LogP contribution is -2.31.